The highest BCUT2D eigenvalue weighted by atomic mass is 32.2. The summed E-state index contributed by atoms with van der Waals surface area (Å²) in [5.41, 5.74) is 0. The van der Waals surface area contributed by atoms with Crippen LogP contribution in [0.3, 0.4) is 0 Å². The maximum Gasteiger partial charge on any atom is 0.306 e. The summed E-state index contributed by atoms with van der Waals surface area (Å²) in [6.45, 7) is 3.72. The van der Waals surface area contributed by atoms with Crippen molar-refractivity contribution in [1.29, 1.82) is 0 Å². The third-order valence-corrected chi connectivity index (χ3v) is 13.2. The second-order valence-electron chi connectivity index (χ2n) is 18.9. The van der Waals surface area contributed by atoms with Crippen molar-refractivity contribution in [1.82, 2.24) is 0 Å². The van der Waals surface area contributed by atoms with E-state index in [0.29, 0.717) is 19.3 Å². The third-order valence-electron chi connectivity index (χ3n) is 12.4. The molecule has 2 unspecified atom stereocenters. The number of carbonyl (C=O) groups is 2. The summed E-state index contributed by atoms with van der Waals surface area (Å²) in [5, 5.41) is 31.0. The van der Waals surface area contributed by atoms with Crippen LogP contribution in [-0.4, -0.2) is 96.0 Å². The van der Waals surface area contributed by atoms with E-state index in [-0.39, 0.29) is 19.4 Å². The van der Waals surface area contributed by atoms with Crippen molar-refractivity contribution >= 4 is 22.1 Å². The summed E-state index contributed by atoms with van der Waals surface area (Å²) < 4.78 is 54.2. The van der Waals surface area contributed by atoms with Gasteiger partial charge in [0.1, 0.15) is 36.8 Å². The van der Waals surface area contributed by atoms with Crippen molar-refractivity contribution in [3.05, 3.63) is 48.6 Å². The second-order valence-corrected chi connectivity index (χ2v) is 20.4. The van der Waals surface area contributed by atoms with Gasteiger partial charge in [0.15, 0.2) is 12.4 Å². The molecule has 0 radical (unpaired) electrons. The van der Waals surface area contributed by atoms with Crippen LogP contribution in [0.25, 0.3) is 0 Å². The van der Waals surface area contributed by atoms with Crippen molar-refractivity contribution in [2.24, 2.45) is 0 Å². The van der Waals surface area contributed by atoms with Crippen molar-refractivity contribution in [2.45, 2.75) is 269 Å². The van der Waals surface area contributed by atoms with Gasteiger partial charge >= 0.3 is 11.9 Å². The summed E-state index contributed by atoms with van der Waals surface area (Å²) in [6, 6.07) is 0. The zero-order chi connectivity index (χ0) is 49.8. The smallest absolute Gasteiger partial charge is 0.306 e. The fourth-order valence-corrected chi connectivity index (χ4v) is 8.89. The number of hydrogen-bond acceptors (Lipinski definition) is 11. The molecule has 1 rings (SSSR count). The van der Waals surface area contributed by atoms with Gasteiger partial charge in [-0.1, -0.05) is 217 Å². The fourth-order valence-electron chi connectivity index (χ4n) is 8.20. The molecule has 0 aromatic heterocycles. The first kappa shape index (κ1) is 63.6. The molecule has 68 heavy (non-hydrogen) atoms. The Morgan fingerprint density at radius 3 is 1.35 bits per heavy atom. The SMILES string of the molecule is CCCCC/C=C/C/C=C/C/C=C/C/C=C/CCCC(=O)O[C@H](COC(=O)CCCCCCCCCCCCCCCCCCCCCCCCC)CO[C@H]1O[C@H](CS(=O)(=O)O)[C@@H](O)C(O)C1O. The van der Waals surface area contributed by atoms with Gasteiger partial charge in [0.2, 0.25) is 0 Å². The zero-order valence-electron chi connectivity index (χ0n) is 42.7. The van der Waals surface area contributed by atoms with E-state index < -0.39 is 71.2 Å². The number of esters is 2. The lowest BCUT2D eigenvalue weighted by Gasteiger charge is -2.40. The lowest BCUT2D eigenvalue weighted by Crippen LogP contribution is -2.60. The van der Waals surface area contributed by atoms with E-state index in [2.05, 4.69) is 50.3 Å². The fraction of sp³-hybridized carbons (Fsp3) is 0.818. The number of hydrogen-bond donors (Lipinski definition) is 4. The van der Waals surface area contributed by atoms with Crippen LogP contribution >= 0.6 is 0 Å². The van der Waals surface area contributed by atoms with E-state index in [4.69, 9.17) is 18.9 Å². The molecule has 1 heterocycles. The summed E-state index contributed by atoms with van der Waals surface area (Å²) in [7, 11) is -4.61. The molecule has 396 valence electrons. The van der Waals surface area contributed by atoms with Gasteiger partial charge in [-0.2, -0.15) is 8.42 Å². The first-order valence-corrected chi connectivity index (χ1v) is 28.8. The molecule has 0 aromatic rings. The van der Waals surface area contributed by atoms with E-state index in [1.165, 1.54) is 141 Å². The standard InChI is InChI=1S/C55H98O12S/c1-3-5-7-9-11-13-15-17-19-21-22-23-24-25-26-28-29-31-33-35-37-39-41-43-50(56)64-45-48(46-65-55-54(60)53(59)52(58)49(67-55)47-68(61,62)63)66-51(57)44-42-40-38-36-34-32-30-27-20-18-16-14-12-10-8-6-4-2/h12,14,18,20,30,32,36,38,48-49,52-55,58-60H,3-11,13,15-17,19,21-29,31,33-35,37,39-47H2,1-2H3,(H,61,62,63)/b14-12+,20-18+,32-30+,38-36+/t48-,49-,52-,53?,54?,55+/m1/s1. The maximum absolute atomic E-state index is 12.8. The van der Waals surface area contributed by atoms with Crippen molar-refractivity contribution in [3.8, 4) is 0 Å². The van der Waals surface area contributed by atoms with Gasteiger partial charge in [-0.15, -0.1) is 0 Å². The lowest BCUT2D eigenvalue weighted by atomic mass is 10.00. The number of allylic oxidation sites excluding steroid dienone is 8. The molecule has 13 heteroatoms. The molecule has 1 fully saturated rings. The van der Waals surface area contributed by atoms with Crippen LogP contribution in [0.15, 0.2) is 48.6 Å². The first-order valence-electron chi connectivity index (χ1n) is 27.2. The monoisotopic (exact) mass is 983 g/mol. The zero-order valence-corrected chi connectivity index (χ0v) is 43.5. The molecule has 0 aliphatic carbocycles. The molecular weight excluding hydrogens is 885 g/mol. The number of carbonyl (C=O) groups excluding carboxylic acids is 2. The average Bonchev–Trinajstić information content (AvgIpc) is 3.31. The average molecular weight is 983 g/mol. The molecule has 6 atom stereocenters. The van der Waals surface area contributed by atoms with E-state index in [9.17, 15) is 37.9 Å². The number of aliphatic hydroxyl groups is 3. The van der Waals surface area contributed by atoms with Gasteiger partial charge in [0, 0.05) is 12.8 Å². The molecule has 12 nitrogen and oxygen atoms in total. The van der Waals surface area contributed by atoms with Crippen molar-refractivity contribution in [3.63, 3.8) is 0 Å². The van der Waals surface area contributed by atoms with Gasteiger partial charge < -0.3 is 34.3 Å². The predicted octanol–water partition coefficient (Wildman–Crippen LogP) is 12.7. The van der Waals surface area contributed by atoms with Crippen LogP contribution in [0.5, 0.6) is 0 Å². The predicted molar refractivity (Wildman–Crippen MR) is 275 cm³/mol. The van der Waals surface area contributed by atoms with Gasteiger partial charge in [-0.3, -0.25) is 14.1 Å². The summed E-state index contributed by atoms with van der Waals surface area (Å²) in [5.74, 6) is -2.05. The highest BCUT2D eigenvalue weighted by molar-refractivity contribution is 7.85. The van der Waals surface area contributed by atoms with Crippen LogP contribution in [0.1, 0.15) is 232 Å². The Morgan fingerprint density at radius 2 is 0.897 bits per heavy atom. The Morgan fingerprint density at radius 1 is 0.500 bits per heavy atom. The quantitative estimate of drug-likeness (QED) is 0.0196. The van der Waals surface area contributed by atoms with Crippen LogP contribution in [0, 0.1) is 0 Å². The van der Waals surface area contributed by atoms with Gasteiger partial charge in [0.25, 0.3) is 10.1 Å². The first-order chi connectivity index (χ1) is 33.0. The topological polar surface area (TPSA) is 186 Å². The number of unbranched alkanes of at least 4 members (excludes halogenated alkanes) is 26. The molecular formula is C55H98O12S. The minimum Gasteiger partial charge on any atom is -0.462 e. The molecule has 1 saturated heterocycles. The highest BCUT2D eigenvalue weighted by Gasteiger charge is 2.46. The highest BCUT2D eigenvalue weighted by Crippen LogP contribution is 2.24. The molecule has 4 N–H and O–H groups in total. The summed E-state index contributed by atoms with van der Waals surface area (Å²) in [4.78, 5) is 25.5. The normalized spacial score (nSPS) is 19.5. The number of aliphatic hydroxyl groups excluding tert-OH is 3. The van der Waals surface area contributed by atoms with Crippen LogP contribution in [0.4, 0.5) is 0 Å². The second kappa shape index (κ2) is 44.5. The van der Waals surface area contributed by atoms with Crippen LogP contribution < -0.4 is 0 Å². The molecule has 1 aliphatic rings. The molecule has 0 spiro atoms. The van der Waals surface area contributed by atoms with Crippen LogP contribution in [0.2, 0.25) is 0 Å². The van der Waals surface area contributed by atoms with E-state index in [0.717, 1.165) is 44.9 Å². The van der Waals surface area contributed by atoms with E-state index in [1.54, 1.807) is 0 Å². The largest absolute Gasteiger partial charge is 0.462 e. The van der Waals surface area contributed by atoms with Crippen LogP contribution in [-0.2, 0) is 38.7 Å². The minimum atomic E-state index is -4.61. The Kier molecular flexibility index (Phi) is 41.7. The van der Waals surface area contributed by atoms with Crippen molar-refractivity contribution in [2.75, 3.05) is 19.0 Å². The lowest BCUT2D eigenvalue weighted by molar-refractivity contribution is -0.297. The molecule has 0 saturated carbocycles. The van der Waals surface area contributed by atoms with Gasteiger partial charge in [-0.25, -0.2) is 0 Å². The third kappa shape index (κ3) is 38.4. The Bertz CT molecular complexity index is 1430. The van der Waals surface area contributed by atoms with Crippen molar-refractivity contribution < 1.29 is 56.8 Å². The molecule has 0 aromatic carbocycles. The minimum absolute atomic E-state index is 0.0892. The molecule has 1 aliphatic heterocycles. The van der Waals surface area contributed by atoms with E-state index in [1.807, 2.05) is 12.2 Å². The Balaban J connectivity index is 2.35. The number of ether oxygens (including phenoxy) is 4. The Hall–Kier alpha value is -2.39. The number of rotatable bonds is 46. The molecule has 0 bridgehead atoms. The van der Waals surface area contributed by atoms with Gasteiger partial charge in [0.05, 0.1) is 6.61 Å². The maximum atomic E-state index is 12.8. The molecule has 0 amide bonds. The summed E-state index contributed by atoms with van der Waals surface area (Å²) >= 11 is 0. The Labute approximate surface area is 413 Å². The summed E-state index contributed by atoms with van der Waals surface area (Å²) in [6.07, 6.45) is 45.9. The van der Waals surface area contributed by atoms with Gasteiger partial charge in [-0.05, 0) is 51.4 Å². The van der Waals surface area contributed by atoms with E-state index >= 15 is 0 Å².